The summed E-state index contributed by atoms with van der Waals surface area (Å²) >= 11 is 0. The summed E-state index contributed by atoms with van der Waals surface area (Å²) in [4.78, 5) is 0. The zero-order valence-corrected chi connectivity index (χ0v) is 7.95. The molecule has 1 saturated carbocycles. The van der Waals surface area contributed by atoms with Crippen molar-refractivity contribution in [2.75, 3.05) is 0 Å². The molecule has 3 heteroatoms. The molecule has 3 nitrogen and oxygen atoms in total. The molecular formula is C10H17N3. The van der Waals surface area contributed by atoms with Crippen molar-refractivity contribution in [2.45, 2.75) is 38.8 Å². The molecule has 0 aliphatic heterocycles. The average molecular weight is 179 g/mol. The van der Waals surface area contributed by atoms with Crippen LogP contribution in [-0.4, -0.2) is 9.78 Å². The summed E-state index contributed by atoms with van der Waals surface area (Å²) in [5.41, 5.74) is 6.66. The maximum atomic E-state index is 5.52. The Morgan fingerprint density at radius 1 is 1.46 bits per heavy atom. The van der Waals surface area contributed by atoms with E-state index < -0.39 is 0 Å². The molecule has 0 amide bonds. The highest BCUT2D eigenvalue weighted by Crippen LogP contribution is 2.25. The molecule has 13 heavy (non-hydrogen) atoms. The summed E-state index contributed by atoms with van der Waals surface area (Å²) in [5, 5.41) is 4.29. The molecule has 72 valence electrons. The van der Waals surface area contributed by atoms with E-state index in [1.54, 1.807) is 0 Å². The molecule has 1 aliphatic rings. The molecule has 0 saturated heterocycles. The van der Waals surface area contributed by atoms with Crippen molar-refractivity contribution in [1.82, 2.24) is 9.78 Å². The van der Waals surface area contributed by atoms with E-state index in [1.165, 1.54) is 25.7 Å². The molecule has 1 heterocycles. The van der Waals surface area contributed by atoms with Gasteiger partial charge in [0, 0.05) is 24.8 Å². The molecule has 1 fully saturated rings. The molecule has 1 aromatic rings. The fourth-order valence-electron chi connectivity index (χ4n) is 2.07. The quantitative estimate of drug-likeness (QED) is 0.764. The zero-order valence-electron chi connectivity index (χ0n) is 7.95. The average Bonchev–Trinajstić information content (AvgIpc) is 2.76. The van der Waals surface area contributed by atoms with Crippen LogP contribution in [0.15, 0.2) is 12.4 Å². The van der Waals surface area contributed by atoms with E-state index in [0.717, 1.165) is 18.0 Å². The first-order chi connectivity index (χ1) is 6.38. The van der Waals surface area contributed by atoms with Crippen LogP contribution in [-0.2, 0) is 13.1 Å². The lowest BCUT2D eigenvalue weighted by atomic mass is 10.1. The summed E-state index contributed by atoms with van der Waals surface area (Å²) in [5.74, 6) is 0.852. The highest BCUT2D eigenvalue weighted by atomic mass is 15.3. The Labute approximate surface area is 78.9 Å². The van der Waals surface area contributed by atoms with Crippen LogP contribution >= 0.6 is 0 Å². The summed E-state index contributed by atoms with van der Waals surface area (Å²) in [6, 6.07) is 0. The predicted octanol–water partition coefficient (Wildman–Crippen LogP) is 1.53. The van der Waals surface area contributed by atoms with Gasteiger partial charge in [0.2, 0.25) is 0 Å². The highest BCUT2D eigenvalue weighted by Gasteiger charge is 2.15. The fourth-order valence-corrected chi connectivity index (χ4v) is 2.07. The normalized spacial score (nSPS) is 18.2. The second-order valence-electron chi connectivity index (χ2n) is 3.93. The Morgan fingerprint density at radius 3 is 2.85 bits per heavy atom. The monoisotopic (exact) mass is 179 g/mol. The Morgan fingerprint density at radius 2 is 2.23 bits per heavy atom. The minimum absolute atomic E-state index is 0.602. The molecule has 0 bridgehead atoms. The van der Waals surface area contributed by atoms with Gasteiger partial charge in [-0.15, -0.1) is 0 Å². The van der Waals surface area contributed by atoms with Gasteiger partial charge in [-0.1, -0.05) is 12.8 Å². The van der Waals surface area contributed by atoms with Crippen LogP contribution in [0.1, 0.15) is 31.2 Å². The van der Waals surface area contributed by atoms with Gasteiger partial charge in [0.05, 0.1) is 6.20 Å². The van der Waals surface area contributed by atoms with Crippen LogP contribution in [0.4, 0.5) is 0 Å². The summed E-state index contributed by atoms with van der Waals surface area (Å²) in [6.07, 6.45) is 9.48. The van der Waals surface area contributed by atoms with Gasteiger partial charge in [0.15, 0.2) is 0 Å². The molecular weight excluding hydrogens is 162 g/mol. The molecule has 0 unspecified atom stereocenters. The largest absolute Gasteiger partial charge is 0.326 e. The standard InChI is InChI=1S/C10H17N3/c11-5-10-6-12-13(8-10)7-9-3-1-2-4-9/h6,8-9H,1-5,7,11H2. The Hall–Kier alpha value is -0.830. The van der Waals surface area contributed by atoms with Crippen molar-refractivity contribution in [1.29, 1.82) is 0 Å². The van der Waals surface area contributed by atoms with Gasteiger partial charge in [-0.25, -0.2) is 0 Å². The van der Waals surface area contributed by atoms with Crippen LogP contribution < -0.4 is 5.73 Å². The number of hydrogen-bond acceptors (Lipinski definition) is 2. The highest BCUT2D eigenvalue weighted by molar-refractivity contribution is 5.02. The summed E-state index contributed by atoms with van der Waals surface area (Å²) in [6.45, 7) is 1.69. The second kappa shape index (κ2) is 3.92. The van der Waals surface area contributed by atoms with Crippen molar-refractivity contribution in [2.24, 2.45) is 11.7 Å². The molecule has 0 radical (unpaired) electrons. The first kappa shape index (κ1) is 8.75. The van der Waals surface area contributed by atoms with Crippen molar-refractivity contribution in [3.63, 3.8) is 0 Å². The van der Waals surface area contributed by atoms with Crippen LogP contribution in [0.25, 0.3) is 0 Å². The number of aromatic nitrogens is 2. The van der Waals surface area contributed by atoms with E-state index in [4.69, 9.17) is 5.73 Å². The lowest BCUT2D eigenvalue weighted by Gasteiger charge is -2.07. The van der Waals surface area contributed by atoms with E-state index in [2.05, 4.69) is 11.3 Å². The molecule has 1 aromatic heterocycles. The van der Waals surface area contributed by atoms with E-state index in [-0.39, 0.29) is 0 Å². The van der Waals surface area contributed by atoms with Crippen molar-refractivity contribution in [3.05, 3.63) is 18.0 Å². The first-order valence-electron chi connectivity index (χ1n) is 5.10. The maximum absolute atomic E-state index is 5.52. The summed E-state index contributed by atoms with van der Waals surface area (Å²) < 4.78 is 2.04. The van der Waals surface area contributed by atoms with Gasteiger partial charge >= 0.3 is 0 Å². The minimum atomic E-state index is 0.602. The van der Waals surface area contributed by atoms with Gasteiger partial charge in [0.1, 0.15) is 0 Å². The lowest BCUT2D eigenvalue weighted by Crippen LogP contribution is -2.07. The fraction of sp³-hybridized carbons (Fsp3) is 0.700. The third-order valence-corrected chi connectivity index (χ3v) is 2.84. The molecule has 0 spiro atoms. The molecule has 1 aliphatic carbocycles. The number of nitrogens with two attached hydrogens (primary N) is 1. The predicted molar refractivity (Wildman–Crippen MR) is 52.1 cm³/mol. The van der Waals surface area contributed by atoms with E-state index in [9.17, 15) is 0 Å². The minimum Gasteiger partial charge on any atom is -0.326 e. The summed E-state index contributed by atoms with van der Waals surface area (Å²) in [7, 11) is 0. The number of nitrogens with zero attached hydrogens (tertiary/aromatic N) is 2. The number of rotatable bonds is 3. The van der Waals surface area contributed by atoms with Gasteiger partial charge < -0.3 is 5.73 Å². The Kier molecular flexibility index (Phi) is 2.64. The van der Waals surface area contributed by atoms with E-state index in [0.29, 0.717) is 6.54 Å². The SMILES string of the molecule is NCc1cnn(CC2CCCC2)c1. The number of hydrogen-bond donors (Lipinski definition) is 1. The van der Waals surface area contributed by atoms with Crippen molar-refractivity contribution >= 4 is 0 Å². The Balaban J connectivity index is 1.92. The van der Waals surface area contributed by atoms with Gasteiger partial charge in [-0.05, 0) is 18.8 Å². The van der Waals surface area contributed by atoms with Gasteiger partial charge in [0.25, 0.3) is 0 Å². The van der Waals surface area contributed by atoms with Crippen LogP contribution in [0.2, 0.25) is 0 Å². The van der Waals surface area contributed by atoms with Crippen LogP contribution in [0, 0.1) is 5.92 Å². The molecule has 0 atom stereocenters. The smallest absolute Gasteiger partial charge is 0.0534 e. The van der Waals surface area contributed by atoms with Gasteiger partial charge in [-0.2, -0.15) is 5.10 Å². The zero-order chi connectivity index (χ0) is 9.10. The molecule has 2 rings (SSSR count). The third-order valence-electron chi connectivity index (χ3n) is 2.84. The lowest BCUT2D eigenvalue weighted by molar-refractivity contribution is 0.429. The maximum Gasteiger partial charge on any atom is 0.0534 e. The van der Waals surface area contributed by atoms with Crippen LogP contribution in [0.3, 0.4) is 0 Å². The Bertz CT molecular complexity index is 261. The van der Waals surface area contributed by atoms with Gasteiger partial charge in [-0.3, -0.25) is 4.68 Å². The second-order valence-corrected chi connectivity index (χ2v) is 3.93. The topological polar surface area (TPSA) is 43.8 Å². The van der Waals surface area contributed by atoms with Crippen molar-refractivity contribution in [3.8, 4) is 0 Å². The van der Waals surface area contributed by atoms with E-state index >= 15 is 0 Å². The van der Waals surface area contributed by atoms with E-state index in [1.807, 2.05) is 10.9 Å². The molecule has 0 aromatic carbocycles. The molecule has 2 N–H and O–H groups in total. The first-order valence-corrected chi connectivity index (χ1v) is 5.10. The third kappa shape index (κ3) is 2.10. The van der Waals surface area contributed by atoms with Crippen LogP contribution in [0.5, 0.6) is 0 Å². The van der Waals surface area contributed by atoms with Crippen molar-refractivity contribution < 1.29 is 0 Å².